The predicted molar refractivity (Wildman–Crippen MR) is 83.4 cm³/mol. The molecule has 0 aromatic heterocycles. The first kappa shape index (κ1) is 17.3. The Bertz CT molecular complexity index is 842. The summed E-state index contributed by atoms with van der Waals surface area (Å²) in [6.45, 7) is -0.0223. The van der Waals surface area contributed by atoms with Gasteiger partial charge in [0.25, 0.3) is 5.69 Å². The first-order valence-electron chi connectivity index (χ1n) is 6.47. The van der Waals surface area contributed by atoms with Crippen LogP contribution in [0.1, 0.15) is 5.56 Å². The third-order valence-corrected chi connectivity index (χ3v) is 4.75. The lowest BCUT2D eigenvalue weighted by Crippen LogP contribution is -2.26. The van der Waals surface area contributed by atoms with Gasteiger partial charge in [-0.05, 0) is 36.2 Å². The molecular formula is C14H12ClFN2O4S. The minimum atomic E-state index is -4.08. The van der Waals surface area contributed by atoms with Crippen LogP contribution < -0.4 is 4.72 Å². The van der Waals surface area contributed by atoms with Gasteiger partial charge in [-0.3, -0.25) is 10.1 Å². The van der Waals surface area contributed by atoms with Crippen LogP contribution in [0.5, 0.6) is 0 Å². The fraction of sp³-hybridized carbons (Fsp3) is 0.143. The van der Waals surface area contributed by atoms with Crippen LogP contribution in [0.25, 0.3) is 0 Å². The molecule has 0 saturated heterocycles. The zero-order valence-corrected chi connectivity index (χ0v) is 13.3. The quantitative estimate of drug-likeness (QED) is 0.635. The molecule has 2 aromatic rings. The Hall–Kier alpha value is -2.03. The smallest absolute Gasteiger partial charge is 0.258 e. The SMILES string of the molecule is O=[N+]([O-])c1cc(Cl)ccc1S(=O)(=O)NCCc1cccc(F)c1. The van der Waals surface area contributed by atoms with Crippen LogP contribution in [0.15, 0.2) is 47.4 Å². The molecule has 0 saturated carbocycles. The summed E-state index contributed by atoms with van der Waals surface area (Å²) in [6, 6.07) is 9.05. The molecule has 0 heterocycles. The van der Waals surface area contributed by atoms with Crippen molar-refractivity contribution in [2.75, 3.05) is 6.54 Å². The predicted octanol–water partition coefficient (Wildman–Crippen LogP) is 2.91. The molecular weight excluding hydrogens is 347 g/mol. The van der Waals surface area contributed by atoms with Crippen LogP contribution in [-0.2, 0) is 16.4 Å². The molecule has 0 aliphatic heterocycles. The van der Waals surface area contributed by atoms with Gasteiger partial charge in [0.15, 0.2) is 4.90 Å². The molecule has 0 fully saturated rings. The van der Waals surface area contributed by atoms with E-state index >= 15 is 0 Å². The number of halogens is 2. The Morgan fingerprint density at radius 2 is 1.96 bits per heavy atom. The van der Waals surface area contributed by atoms with Gasteiger partial charge in [0.2, 0.25) is 10.0 Å². The fourth-order valence-electron chi connectivity index (χ4n) is 1.96. The summed E-state index contributed by atoms with van der Waals surface area (Å²) in [5.41, 5.74) is 0.00839. The van der Waals surface area contributed by atoms with Crippen molar-refractivity contribution in [1.82, 2.24) is 4.72 Å². The maximum atomic E-state index is 13.0. The van der Waals surface area contributed by atoms with Gasteiger partial charge in [-0.25, -0.2) is 17.5 Å². The minimum absolute atomic E-state index is 0.0223. The van der Waals surface area contributed by atoms with Crippen LogP contribution >= 0.6 is 11.6 Å². The second-order valence-corrected chi connectivity index (χ2v) is 6.82. The van der Waals surface area contributed by atoms with Crippen molar-refractivity contribution in [3.63, 3.8) is 0 Å². The Labute approximate surface area is 137 Å². The number of sulfonamides is 1. The molecule has 2 rings (SSSR count). The third kappa shape index (κ3) is 4.47. The number of hydrogen-bond acceptors (Lipinski definition) is 4. The van der Waals surface area contributed by atoms with Crippen LogP contribution in [0.2, 0.25) is 5.02 Å². The van der Waals surface area contributed by atoms with Crippen LogP contribution in [-0.4, -0.2) is 19.9 Å². The molecule has 6 nitrogen and oxygen atoms in total. The topological polar surface area (TPSA) is 89.3 Å². The van der Waals surface area contributed by atoms with Gasteiger partial charge in [-0.15, -0.1) is 0 Å². The molecule has 1 N–H and O–H groups in total. The lowest BCUT2D eigenvalue weighted by Gasteiger charge is -2.08. The van der Waals surface area contributed by atoms with Gasteiger partial charge in [0, 0.05) is 17.6 Å². The largest absolute Gasteiger partial charge is 0.290 e. The van der Waals surface area contributed by atoms with E-state index in [-0.39, 0.29) is 18.0 Å². The normalized spacial score (nSPS) is 11.4. The van der Waals surface area contributed by atoms with E-state index in [1.165, 1.54) is 24.3 Å². The number of benzene rings is 2. The zero-order valence-electron chi connectivity index (χ0n) is 11.7. The van der Waals surface area contributed by atoms with Crippen LogP contribution in [0.4, 0.5) is 10.1 Å². The van der Waals surface area contributed by atoms with Crippen molar-refractivity contribution in [2.45, 2.75) is 11.3 Å². The van der Waals surface area contributed by atoms with E-state index in [0.29, 0.717) is 5.56 Å². The average Bonchev–Trinajstić information content (AvgIpc) is 2.46. The number of nitro groups is 1. The summed E-state index contributed by atoms with van der Waals surface area (Å²) in [5, 5.41) is 11.0. The van der Waals surface area contributed by atoms with Crippen molar-refractivity contribution in [3.05, 3.63) is 69.0 Å². The Morgan fingerprint density at radius 3 is 2.61 bits per heavy atom. The molecule has 0 aliphatic rings. The lowest BCUT2D eigenvalue weighted by molar-refractivity contribution is -0.387. The Morgan fingerprint density at radius 1 is 1.22 bits per heavy atom. The minimum Gasteiger partial charge on any atom is -0.258 e. The maximum absolute atomic E-state index is 13.0. The Balaban J connectivity index is 2.15. The highest BCUT2D eigenvalue weighted by Gasteiger charge is 2.25. The average molecular weight is 359 g/mol. The number of rotatable bonds is 6. The van der Waals surface area contributed by atoms with E-state index in [9.17, 15) is 22.9 Å². The highest BCUT2D eigenvalue weighted by atomic mass is 35.5. The molecule has 2 aromatic carbocycles. The third-order valence-electron chi connectivity index (χ3n) is 3.00. The van der Waals surface area contributed by atoms with Gasteiger partial charge >= 0.3 is 0 Å². The first-order chi connectivity index (χ1) is 10.8. The molecule has 23 heavy (non-hydrogen) atoms. The number of hydrogen-bond donors (Lipinski definition) is 1. The van der Waals surface area contributed by atoms with Crippen molar-refractivity contribution >= 4 is 27.3 Å². The first-order valence-corrected chi connectivity index (χ1v) is 8.34. The Kier molecular flexibility index (Phi) is 5.30. The summed E-state index contributed by atoms with van der Waals surface area (Å²) in [7, 11) is -4.08. The van der Waals surface area contributed by atoms with E-state index in [1.54, 1.807) is 6.07 Å². The van der Waals surface area contributed by atoms with Gasteiger partial charge in [-0.2, -0.15) is 0 Å². The second kappa shape index (κ2) is 7.03. The van der Waals surface area contributed by atoms with Gasteiger partial charge in [0.1, 0.15) is 5.82 Å². The van der Waals surface area contributed by atoms with Crippen LogP contribution in [0, 0.1) is 15.9 Å². The number of nitrogens with one attached hydrogen (secondary N) is 1. The number of nitrogens with zero attached hydrogens (tertiary/aromatic N) is 1. The fourth-order valence-corrected chi connectivity index (χ4v) is 3.31. The summed E-state index contributed by atoms with van der Waals surface area (Å²) in [5.74, 6) is -0.418. The molecule has 0 bridgehead atoms. The molecule has 0 atom stereocenters. The second-order valence-electron chi connectivity index (χ2n) is 4.65. The van der Waals surface area contributed by atoms with E-state index in [0.717, 1.165) is 12.1 Å². The molecule has 0 aliphatic carbocycles. The van der Waals surface area contributed by atoms with E-state index in [1.807, 2.05) is 0 Å². The highest BCUT2D eigenvalue weighted by Crippen LogP contribution is 2.26. The monoisotopic (exact) mass is 358 g/mol. The highest BCUT2D eigenvalue weighted by molar-refractivity contribution is 7.89. The zero-order chi connectivity index (χ0) is 17.0. The molecule has 0 unspecified atom stereocenters. The van der Waals surface area contributed by atoms with Crippen molar-refractivity contribution in [2.24, 2.45) is 0 Å². The lowest BCUT2D eigenvalue weighted by atomic mass is 10.1. The summed E-state index contributed by atoms with van der Waals surface area (Å²) in [6.07, 6.45) is 0.248. The van der Waals surface area contributed by atoms with Gasteiger partial charge < -0.3 is 0 Å². The van der Waals surface area contributed by atoms with E-state index in [4.69, 9.17) is 11.6 Å². The van der Waals surface area contributed by atoms with E-state index in [2.05, 4.69) is 4.72 Å². The summed E-state index contributed by atoms with van der Waals surface area (Å²) < 4.78 is 39.7. The standard InChI is InChI=1S/C14H12ClFN2O4S/c15-11-4-5-14(13(9-11)18(19)20)23(21,22)17-7-6-10-2-1-3-12(16)8-10/h1-5,8-9,17H,6-7H2. The maximum Gasteiger partial charge on any atom is 0.290 e. The molecule has 0 amide bonds. The molecule has 9 heteroatoms. The summed E-state index contributed by atoms with van der Waals surface area (Å²) >= 11 is 5.65. The molecule has 122 valence electrons. The molecule has 0 radical (unpaired) electrons. The van der Waals surface area contributed by atoms with Crippen molar-refractivity contribution in [1.29, 1.82) is 0 Å². The van der Waals surface area contributed by atoms with Crippen molar-refractivity contribution in [3.8, 4) is 0 Å². The van der Waals surface area contributed by atoms with Gasteiger partial charge in [0.05, 0.1) is 4.92 Å². The van der Waals surface area contributed by atoms with E-state index < -0.39 is 31.3 Å². The van der Waals surface area contributed by atoms with Crippen molar-refractivity contribution < 1.29 is 17.7 Å². The number of nitro benzene ring substituents is 1. The molecule has 0 spiro atoms. The summed E-state index contributed by atoms with van der Waals surface area (Å²) in [4.78, 5) is 9.69. The van der Waals surface area contributed by atoms with Gasteiger partial charge in [-0.1, -0.05) is 23.7 Å². The van der Waals surface area contributed by atoms with Crippen LogP contribution in [0.3, 0.4) is 0 Å².